The molecule has 1 fully saturated rings. The normalized spacial score (nSPS) is 15.4. The molecule has 2 aliphatic rings. The lowest BCUT2D eigenvalue weighted by molar-refractivity contribution is -0.116. The van der Waals surface area contributed by atoms with Crippen molar-refractivity contribution in [3.05, 3.63) is 82.8 Å². The molecule has 4 amide bonds. The molecule has 0 spiro atoms. The Labute approximate surface area is 284 Å². The van der Waals surface area contributed by atoms with Gasteiger partial charge in [0.25, 0.3) is 11.8 Å². The fourth-order valence-electron chi connectivity index (χ4n) is 4.85. The van der Waals surface area contributed by atoms with Gasteiger partial charge < -0.3 is 31.3 Å². The number of aryl methyl sites for hydroxylation is 1. The van der Waals surface area contributed by atoms with Crippen LogP contribution in [0.15, 0.2) is 66.8 Å². The monoisotopic (exact) mass is 670 g/mol. The lowest BCUT2D eigenvalue weighted by Crippen LogP contribution is -2.34. The number of carbonyl (C=O) groups excluding carboxylic acids is 4. The zero-order valence-corrected chi connectivity index (χ0v) is 28.5. The minimum atomic E-state index is -0.621. The van der Waals surface area contributed by atoms with E-state index in [1.807, 2.05) is 25.1 Å². The first-order valence-corrected chi connectivity index (χ1v) is 16.9. The summed E-state index contributed by atoms with van der Waals surface area (Å²) in [5.74, 6) is -0.405. The summed E-state index contributed by atoms with van der Waals surface area (Å²) in [6.07, 6.45) is 10.5. The number of nitrogens with one attached hydrogen (secondary N) is 5. The van der Waals surface area contributed by atoms with Crippen molar-refractivity contribution in [1.29, 1.82) is 0 Å². The van der Waals surface area contributed by atoms with Crippen molar-refractivity contribution in [2.24, 2.45) is 5.92 Å². The number of aromatic nitrogens is 1. The van der Waals surface area contributed by atoms with E-state index >= 15 is 0 Å². The molecule has 0 radical (unpaired) electrons. The number of alkyl carbamates (subject to hydrolysis) is 1. The summed E-state index contributed by atoms with van der Waals surface area (Å²) >= 11 is 1.24. The third kappa shape index (κ3) is 10.0. The molecule has 1 aromatic heterocycles. The highest BCUT2D eigenvalue weighted by molar-refractivity contribution is 7.18. The van der Waals surface area contributed by atoms with E-state index in [9.17, 15) is 19.2 Å². The number of benzene rings is 2. The summed E-state index contributed by atoms with van der Waals surface area (Å²) in [5.41, 5.74) is 3.35. The van der Waals surface area contributed by atoms with Crippen LogP contribution in [0.1, 0.15) is 72.0 Å². The Hall–Kier alpha value is -4.97. The Morgan fingerprint density at radius 1 is 0.979 bits per heavy atom. The van der Waals surface area contributed by atoms with Crippen molar-refractivity contribution < 1.29 is 23.9 Å². The molecule has 0 aliphatic heterocycles. The van der Waals surface area contributed by atoms with Crippen molar-refractivity contribution in [2.45, 2.75) is 65.0 Å². The molecule has 1 unspecified atom stereocenters. The summed E-state index contributed by atoms with van der Waals surface area (Å²) < 4.78 is 5.19. The molecule has 3 aromatic rings. The second-order valence-electron chi connectivity index (χ2n) is 12.9. The first-order chi connectivity index (χ1) is 22.9. The minimum Gasteiger partial charge on any atom is -0.444 e. The number of amides is 4. The fourth-order valence-corrected chi connectivity index (χ4v) is 5.76. The van der Waals surface area contributed by atoms with E-state index in [4.69, 9.17) is 9.72 Å². The number of nitrogens with zero attached hydrogens (tertiary/aromatic N) is 1. The molecule has 48 heavy (non-hydrogen) atoms. The van der Waals surface area contributed by atoms with E-state index in [2.05, 4.69) is 38.7 Å². The van der Waals surface area contributed by atoms with Crippen molar-refractivity contribution in [1.82, 2.24) is 20.9 Å². The lowest BCUT2D eigenvalue weighted by atomic mass is 10.0. The zero-order chi connectivity index (χ0) is 34.3. The van der Waals surface area contributed by atoms with Gasteiger partial charge in [-0.15, -0.1) is 0 Å². The van der Waals surface area contributed by atoms with E-state index in [0.29, 0.717) is 39.1 Å². The highest BCUT2D eigenvalue weighted by Crippen LogP contribution is 2.34. The van der Waals surface area contributed by atoms with E-state index in [-0.39, 0.29) is 42.6 Å². The molecule has 1 atom stereocenters. The predicted octanol–water partition coefficient (Wildman–Crippen LogP) is 6.47. The van der Waals surface area contributed by atoms with Crippen LogP contribution < -0.4 is 26.6 Å². The maximum Gasteiger partial charge on any atom is 0.407 e. The number of anilines is 3. The molecule has 2 aromatic carbocycles. The van der Waals surface area contributed by atoms with Gasteiger partial charge in [-0.3, -0.25) is 14.4 Å². The fraction of sp³-hybridized carbons (Fsp3) is 0.361. The van der Waals surface area contributed by atoms with Gasteiger partial charge in [0.05, 0.1) is 5.69 Å². The van der Waals surface area contributed by atoms with Crippen molar-refractivity contribution in [3.8, 4) is 11.3 Å². The van der Waals surface area contributed by atoms with Crippen LogP contribution in [0.25, 0.3) is 11.3 Å². The molecule has 5 N–H and O–H groups in total. The first kappa shape index (κ1) is 34.4. The highest BCUT2D eigenvalue weighted by atomic mass is 32.1. The molecular formula is C36H42N6O5S. The summed E-state index contributed by atoms with van der Waals surface area (Å²) in [7, 11) is 0. The number of thiazole rings is 1. The average Bonchev–Trinajstić information content (AvgIpc) is 3.76. The van der Waals surface area contributed by atoms with Gasteiger partial charge in [0.2, 0.25) is 5.91 Å². The average molecular weight is 671 g/mol. The van der Waals surface area contributed by atoms with E-state index in [1.165, 1.54) is 11.3 Å². The van der Waals surface area contributed by atoms with Gasteiger partial charge in [0.1, 0.15) is 10.5 Å². The quantitative estimate of drug-likeness (QED) is 0.148. The number of allylic oxidation sites excluding steroid dienone is 3. The summed E-state index contributed by atoms with van der Waals surface area (Å²) in [5, 5.41) is 15.3. The van der Waals surface area contributed by atoms with Crippen LogP contribution in [0.4, 0.5) is 21.3 Å². The zero-order valence-electron chi connectivity index (χ0n) is 27.6. The molecule has 11 nitrogen and oxygen atoms in total. The maximum absolute atomic E-state index is 13.5. The van der Waals surface area contributed by atoms with Crippen LogP contribution in [-0.4, -0.2) is 53.5 Å². The second kappa shape index (κ2) is 15.3. The number of hydrogen-bond acceptors (Lipinski definition) is 8. The molecule has 1 saturated carbocycles. The Morgan fingerprint density at radius 2 is 1.75 bits per heavy atom. The van der Waals surface area contributed by atoms with Crippen LogP contribution in [0.5, 0.6) is 0 Å². The Bertz CT molecular complexity index is 1720. The van der Waals surface area contributed by atoms with E-state index in [1.54, 1.807) is 57.2 Å². The van der Waals surface area contributed by atoms with Crippen LogP contribution in [-0.2, 0) is 9.53 Å². The summed E-state index contributed by atoms with van der Waals surface area (Å²) in [4.78, 5) is 55.8. The Morgan fingerprint density at radius 3 is 2.44 bits per heavy atom. The van der Waals surface area contributed by atoms with E-state index < -0.39 is 11.7 Å². The lowest BCUT2D eigenvalue weighted by Gasteiger charge is -2.19. The Kier molecular flexibility index (Phi) is 10.9. The number of carbonyl (C=O) groups is 4. The number of hydrogen-bond donors (Lipinski definition) is 5. The van der Waals surface area contributed by atoms with Crippen molar-refractivity contribution in [3.63, 3.8) is 0 Å². The number of rotatable bonds is 12. The topological polar surface area (TPSA) is 151 Å². The highest BCUT2D eigenvalue weighted by Gasteiger charge is 2.25. The van der Waals surface area contributed by atoms with Crippen molar-refractivity contribution >= 4 is 51.7 Å². The predicted molar refractivity (Wildman–Crippen MR) is 189 cm³/mol. The SMILES string of the molecule is Cc1ccc(C(=O)NC2CC2)cc1Nc1nc(-c2ccc(NC(=O)CCNC(=O)OC(C)(C)C)cc2)c(C(=O)NCC2C=CC=CC2)s1. The molecule has 0 saturated heterocycles. The van der Waals surface area contributed by atoms with Gasteiger partial charge in [-0.05, 0) is 82.7 Å². The molecular weight excluding hydrogens is 629 g/mol. The first-order valence-electron chi connectivity index (χ1n) is 16.1. The van der Waals surface area contributed by atoms with Crippen LogP contribution in [0, 0.1) is 12.8 Å². The molecule has 252 valence electrons. The number of ether oxygens (including phenoxy) is 1. The van der Waals surface area contributed by atoms with Gasteiger partial charge >= 0.3 is 6.09 Å². The Balaban J connectivity index is 1.30. The van der Waals surface area contributed by atoms with Gasteiger partial charge in [-0.25, -0.2) is 9.78 Å². The van der Waals surface area contributed by atoms with Crippen LogP contribution >= 0.6 is 11.3 Å². The summed E-state index contributed by atoms with van der Waals surface area (Å²) in [6, 6.07) is 12.8. The maximum atomic E-state index is 13.5. The van der Waals surface area contributed by atoms with Gasteiger partial charge in [0, 0.05) is 48.1 Å². The largest absolute Gasteiger partial charge is 0.444 e. The standard InChI is InChI=1S/C36H42N6O5S/c1-22-10-11-25(32(44)40-27-16-17-27)20-28(22)41-34-42-30(31(48-34)33(45)38-21-23-8-6-5-7-9-23)24-12-14-26(15-13-24)39-29(43)18-19-37-35(46)47-36(2,3)4/h5-8,10-15,20,23,27H,9,16-19,21H2,1-4H3,(H,37,46)(H,38,45)(H,39,43)(H,40,44)(H,41,42). The minimum absolute atomic E-state index is 0.0707. The van der Waals surface area contributed by atoms with Gasteiger partial charge in [-0.2, -0.15) is 0 Å². The third-order valence-corrected chi connectivity index (χ3v) is 8.51. The van der Waals surface area contributed by atoms with Crippen molar-refractivity contribution in [2.75, 3.05) is 23.7 Å². The molecule has 12 heteroatoms. The van der Waals surface area contributed by atoms with Crippen LogP contribution in [0.2, 0.25) is 0 Å². The van der Waals surface area contributed by atoms with E-state index in [0.717, 1.165) is 30.5 Å². The molecule has 1 heterocycles. The smallest absolute Gasteiger partial charge is 0.407 e. The second-order valence-corrected chi connectivity index (χ2v) is 13.9. The summed E-state index contributed by atoms with van der Waals surface area (Å²) in [6.45, 7) is 7.87. The molecule has 0 bridgehead atoms. The van der Waals surface area contributed by atoms with Gasteiger partial charge in [-0.1, -0.05) is 53.8 Å². The molecule has 5 rings (SSSR count). The van der Waals surface area contributed by atoms with Crippen LogP contribution in [0.3, 0.4) is 0 Å². The third-order valence-electron chi connectivity index (χ3n) is 7.54. The molecule has 2 aliphatic carbocycles. The van der Waals surface area contributed by atoms with Gasteiger partial charge in [0.15, 0.2) is 5.13 Å².